The first-order chi connectivity index (χ1) is 14.2. The SMILES string of the molecule is CCOc1ccccc1[Si](OC)(OC)OC.COc1ccccc1C(C)[Si](Cl)(Cl)Cl. The van der Waals surface area contributed by atoms with E-state index in [-0.39, 0.29) is 5.54 Å². The fraction of sp³-hybridized carbons (Fsp3) is 0.400. The number of hydrogen-bond donors (Lipinski definition) is 0. The third-order valence-corrected chi connectivity index (χ3v) is 11.3. The standard InChI is InChI=1S/C11H18O4Si.C9H11Cl3OSi/c1-5-15-10-8-6-7-9-11(10)16(12-2,13-3)14-4;1-7(14(10,11)12)8-5-3-4-6-9(8)13-2/h6-9H,5H2,1-4H3;3-7H,1-2H3. The Bertz CT molecular complexity index is 762. The third-order valence-electron chi connectivity index (χ3n) is 4.42. The first-order valence-corrected chi connectivity index (χ1v) is 16.1. The molecule has 0 fully saturated rings. The van der Waals surface area contributed by atoms with Crippen LogP contribution in [-0.4, -0.2) is 49.9 Å². The van der Waals surface area contributed by atoms with E-state index in [1.165, 1.54) is 0 Å². The summed E-state index contributed by atoms with van der Waals surface area (Å²) in [4.78, 5) is 0. The molecule has 0 N–H and O–H groups in total. The lowest BCUT2D eigenvalue weighted by atomic mass is 10.1. The summed E-state index contributed by atoms with van der Waals surface area (Å²) in [5.41, 5.74) is 0.894. The number of rotatable bonds is 9. The zero-order valence-corrected chi connectivity index (χ0v) is 22.3. The molecule has 0 heterocycles. The second kappa shape index (κ2) is 12.9. The van der Waals surface area contributed by atoms with Crippen LogP contribution in [0.1, 0.15) is 25.0 Å². The molecule has 10 heteroatoms. The molecule has 2 rings (SSSR count). The van der Waals surface area contributed by atoms with E-state index in [0.29, 0.717) is 6.61 Å². The average molecular weight is 512 g/mol. The molecule has 0 saturated heterocycles. The molecule has 0 aliphatic rings. The molecule has 168 valence electrons. The van der Waals surface area contributed by atoms with Crippen molar-refractivity contribution in [1.82, 2.24) is 0 Å². The molecule has 2 aromatic carbocycles. The molecule has 0 aliphatic heterocycles. The number of ether oxygens (including phenoxy) is 2. The number of benzene rings is 2. The van der Waals surface area contributed by atoms with Crippen LogP contribution in [0.3, 0.4) is 0 Å². The van der Waals surface area contributed by atoms with Gasteiger partial charge in [-0.15, -0.1) is 33.2 Å². The quantitative estimate of drug-likeness (QED) is 0.343. The molecule has 1 atom stereocenters. The van der Waals surface area contributed by atoms with E-state index in [4.69, 9.17) is 56.0 Å². The van der Waals surface area contributed by atoms with Gasteiger partial charge in [0.25, 0.3) is 0 Å². The van der Waals surface area contributed by atoms with E-state index < -0.39 is 14.8 Å². The highest BCUT2D eigenvalue weighted by Gasteiger charge is 2.43. The van der Waals surface area contributed by atoms with Gasteiger partial charge in [0.15, 0.2) is 0 Å². The Kier molecular flexibility index (Phi) is 11.7. The Morgan fingerprint density at radius 3 is 1.77 bits per heavy atom. The largest absolute Gasteiger partial charge is 0.540 e. The molecule has 0 aromatic heterocycles. The molecule has 0 radical (unpaired) electrons. The van der Waals surface area contributed by atoms with Gasteiger partial charge in [0.05, 0.1) is 18.9 Å². The van der Waals surface area contributed by atoms with Crippen LogP contribution >= 0.6 is 33.2 Å². The lowest BCUT2D eigenvalue weighted by Crippen LogP contribution is -2.55. The molecule has 0 saturated carbocycles. The molecule has 0 bridgehead atoms. The van der Waals surface area contributed by atoms with Gasteiger partial charge in [-0.25, -0.2) is 0 Å². The zero-order valence-electron chi connectivity index (χ0n) is 18.1. The van der Waals surface area contributed by atoms with E-state index in [1.807, 2.05) is 62.4 Å². The van der Waals surface area contributed by atoms with Crippen LogP contribution in [0.15, 0.2) is 48.5 Å². The van der Waals surface area contributed by atoms with Crippen molar-refractivity contribution in [3.8, 4) is 11.5 Å². The molecule has 0 amide bonds. The molecule has 0 aliphatic carbocycles. The van der Waals surface area contributed by atoms with Gasteiger partial charge in [-0.3, -0.25) is 0 Å². The maximum Gasteiger partial charge on any atom is 0.540 e. The van der Waals surface area contributed by atoms with Gasteiger partial charge in [-0.2, -0.15) is 0 Å². The Morgan fingerprint density at radius 1 is 0.800 bits per heavy atom. The molecular formula is C20H29Cl3O5Si2. The highest BCUT2D eigenvalue weighted by atomic mass is 35.8. The second-order valence-corrected chi connectivity index (χ2v) is 18.0. The minimum Gasteiger partial charge on any atom is -0.496 e. The van der Waals surface area contributed by atoms with E-state index in [9.17, 15) is 0 Å². The minimum atomic E-state index is -2.80. The fourth-order valence-electron chi connectivity index (χ4n) is 2.78. The summed E-state index contributed by atoms with van der Waals surface area (Å²) >= 11 is 17.9. The van der Waals surface area contributed by atoms with Gasteiger partial charge in [0.1, 0.15) is 11.5 Å². The van der Waals surface area contributed by atoms with Crippen LogP contribution < -0.4 is 14.7 Å². The van der Waals surface area contributed by atoms with Crippen LogP contribution in [0.2, 0.25) is 0 Å². The first kappa shape index (κ1) is 27.3. The lowest BCUT2D eigenvalue weighted by Gasteiger charge is -2.26. The van der Waals surface area contributed by atoms with Crippen molar-refractivity contribution in [2.45, 2.75) is 19.4 Å². The number of halogens is 3. The predicted molar refractivity (Wildman–Crippen MR) is 129 cm³/mol. The van der Waals surface area contributed by atoms with Crippen molar-refractivity contribution >= 4 is 53.2 Å². The maximum absolute atomic E-state index is 5.96. The molecular weight excluding hydrogens is 483 g/mol. The summed E-state index contributed by atoms with van der Waals surface area (Å²) in [7, 11) is 3.57. The normalized spacial score (nSPS) is 12.6. The van der Waals surface area contributed by atoms with Crippen LogP contribution in [0.25, 0.3) is 0 Å². The second-order valence-electron chi connectivity index (χ2n) is 6.10. The van der Waals surface area contributed by atoms with Crippen molar-refractivity contribution in [2.75, 3.05) is 35.0 Å². The Hall–Kier alpha value is -0.776. The Balaban J connectivity index is 0.000000303. The number of hydrogen-bond acceptors (Lipinski definition) is 5. The van der Waals surface area contributed by atoms with Crippen LogP contribution in [-0.2, 0) is 13.3 Å². The zero-order chi connectivity index (χ0) is 22.8. The smallest absolute Gasteiger partial charge is 0.496 e. The number of para-hydroxylation sites is 2. The third kappa shape index (κ3) is 7.14. The Labute approximate surface area is 195 Å². The van der Waals surface area contributed by atoms with E-state index >= 15 is 0 Å². The molecule has 5 nitrogen and oxygen atoms in total. The highest BCUT2D eigenvalue weighted by Crippen LogP contribution is 2.39. The first-order valence-electron chi connectivity index (χ1n) is 9.28. The van der Waals surface area contributed by atoms with Gasteiger partial charge < -0.3 is 22.8 Å². The summed E-state index contributed by atoms with van der Waals surface area (Å²) in [5.74, 6) is 1.53. The highest BCUT2D eigenvalue weighted by molar-refractivity contribution is 7.65. The van der Waals surface area contributed by atoms with E-state index in [2.05, 4.69) is 0 Å². The van der Waals surface area contributed by atoms with Gasteiger partial charge >= 0.3 is 14.8 Å². The molecule has 30 heavy (non-hydrogen) atoms. The summed E-state index contributed by atoms with van der Waals surface area (Å²) in [6.07, 6.45) is 0. The molecule has 1 unspecified atom stereocenters. The van der Waals surface area contributed by atoms with Crippen molar-refractivity contribution in [3.05, 3.63) is 54.1 Å². The monoisotopic (exact) mass is 510 g/mol. The van der Waals surface area contributed by atoms with Crippen LogP contribution in [0.4, 0.5) is 0 Å². The van der Waals surface area contributed by atoms with E-state index in [1.54, 1.807) is 28.4 Å². The predicted octanol–water partition coefficient (Wildman–Crippen LogP) is 5.16. The van der Waals surface area contributed by atoms with Crippen LogP contribution in [0.5, 0.6) is 11.5 Å². The summed E-state index contributed by atoms with van der Waals surface area (Å²) < 4.78 is 27.0. The molecule has 0 spiro atoms. The summed E-state index contributed by atoms with van der Waals surface area (Å²) in [6, 6.07) is 12.5. The number of methoxy groups -OCH3 is 1. The fourth-order valence-corrected chi connectivity index (χ4v) is 6.35. The van der Waals surface area contributed by atoms with Gasteiger partial charge in [-0.05, 0) is 24.6 Å². The van der Waals surface area contributed by atoms with Gasteiger partial charge in [0, 0.05) is 26.9 Å². The average Bonchev–Trinajstić information content (AvgIpc) is 2.76. The van der Waals surface area contributed by atoms with Crippen molar-refractivity contribution in [1.29, 1.82) is 0 Å². The minimum absolute atomic E-state index is 0.0661. The lowest BCUT2D eigenvalue weighted by molar-refractivity contribution is 0.139. The van der Waals surface area contributed by atoms with E-state index in [0.717, 1.165) is 22.2 Å². The molecule has 2 aromatic rings. The Morgan fingerprint density at radius 2 is 1.30 bits per heavy atom. The summed E-state index contributed by atoms with van der Waals surface area (Å²) in [6.45, 7) is 4.45. The van der Waals surface area contributed by atoms with Crippen molar-refractivity contribution in [2.24, 2.45) is 0 Å². The maximum atomic E-state index is 5.96. The topological polar surface area (TPSA) is 46.2 Å². The van der Waals surface area contributed by atoms with Crippen molar-refractivity contribution < 1.29 is 22.8 Å². The summed E-state index contributed by atoms with van der Waals surface area (Å²) in [5, 5.41) is 0.851. The van der Waals surface area contributed by atoms with Crippen molar-refractivity contribution in [3.63, 3.8) is 0 Å². The van der Waals surface area contributed by atoms with Crippen LogP contribution in [0, 0.1) is 0 Å². The van der Waals surface area contributed by atoms with Gasteiger partial charge in [0.2, 0.25) is 0 Å². The van der Waals surface area contributed by atoms with Gasteiger partial charge in [-0.1, -0.05) is 43.3 Å².